The number of aryl methyl sites for hydroxylation is 1. The van der Waals surface area contributed by atoms with Crippen LogP contribution >= 0.6 is 11.6 Å². The Balaban J connectivity index is 2.11. The van der Waals surface area contributed by atoms with Crippen LogP contribution in [-0.2, 0) is 0 Å². The molecule has 2 aromatic rings. The lowest BCUT2D eigenvalue weighted by atomic mass is 10.1. The van der Waals surface area contributed by atoms with Crippen molar-refractivity contribution >= 4 is 29.1 Å². The molecule has 0 spiro atoms. The van der Waals surface area contributed by atoms with Crippen LogP contribution in [0.4, 0.5) is 5.69 Å². The maximum absolute atomic E-state index is 12.3. The predicted octanol–water partition coefficient (Wildman–Crippen LogP) is 4.04. The number of rotatable bonds is 4. The van der Waals surface area contributed by atoms with Gasteiger partial charge in [0.1, 0.15) is 0 Å². The van der Waals surface area contributed by atoms with Gasteiger partial charge in [-0.3, -0.25) is 9.59 Å². The van der Waals surface area contributed by atoms with Gasteiger partial charge in [0.25, 0.3) is 11.8 Å². The molecular weight excluding hydrogens is 312 g/mol. The fourth-order valence-corrected chi connectivity index (χ4v) is 2.21. The van der Waals surface area contributed by atoms with Gasteiger partial charge in [0, 0.05) is 27.9 Å². The number of anilines is 1. The highest BCUT2D eigenvalue weighted by molar-refractivity contribution is 6.31. The first-order chi connectivity index (χ1) is 10.9. The molecule has 2 amide bonds. The molecule has 0 heterocycles. The Kier molecular flexibility index (Phi) is 5.40. The van der Waals surface area contributed by atoms with Crippen LogP contribution in [0, 0.1) is 6.92 Å². The molecule has 0 radical (unpaired) electrons. The summed E-state index contributed by atoms with van der Waals surface area (Å²) in [6.45, 7) is 5.69. The fraction of sp³-hybridized carbons (Fsp3) is 0.222. The van der Waals surface area contributed by atoms with Crippen LogP contribution in [0.3, 0.4) is 0 Å². The van der Waals surface area contributed by atoms with Gasteiger partial charge in [0.2, 0.25) is 0 Å². The van der Waals surface area contributed by atoms with Gasteiger partial charge in [-0.25, -0.2) is 0 Å². The molecule has 2 rings (SSSR count). The Labute approximate surface area is 140 Å². The third-order valence-corrected chi connectivity index (χ3v) is 3.51. The smallest absolute Gasteiger partial charge is 0.255 e. The largest absolute Gasteiger partial charge is 0.350 e. The zero-order chi connectivity index (χ0) is 17.0. The summed E-state index contributed by atoms with van der Waals surface area (Å²) in [5.74, 6) is -0.399. The Hall–Kier alpha value is -2.33. The molecule has 4 nitrogen and oxygen atoms in total. The SMILES string of the molecule is Cc1ccc(Cl)cc1NC(=O)c1ccc(C(=O)NC(C)C)cc1. The molecule has 5 heteroatoms. The van der Waals surface area contributed by atoms with Crippen molar-refractivity contribution in [3.63, 3.8) is 0 Å². The van der Waals surface area contributed by atoms with Gasteiger partial charge < -0.3 is 10.6 Å². The fourth-order valence-electron chi connectivity index (χ4n) is 2.04. The number of carbonyl (C=O) groups excluding carboxylic acids is 2. The molecule has 120 valence electrons. The van der Waals surface area contributed by atoms with Gasteiger partial charge in [0.15, 0.2) is 0 Å². The van der Waals surface area contributed by atoms with Crippen molar-refractivity contribution in [3.8, 4) is 0 Å². The Morgan fingerprint density at radius 2 is 1.52 bits per heavy atom. The van der Waals surface area contributed by atoms with Crippen molar-refractivity contribution in [1.82, 2.24) is 5.32 Å². The molecule has 0 atom stereocenters. The van der Waals surface area contributed by atoms with Crippen molar-refractivity contribution in [3.05, 3.63) is 64.2 Å². The summed E-state index contributed by atoms with van der Waals surface area (Å²) in [5.41, 5.74) is 2.60. The highest BCUT2D eigenvalue weighted by atomic mass is 35.5. The first-order valence-corrected chi connectivity index (χ1v) is 7.73. The quantitative estimate of drug-likeness (QED) is 0.888. The minimum atomic E-state index is -0.244. The molecule has 23 heavy (non-hydrogen) atoms. The van der Waals surface area contributed by atoms with Crippen molar-refractivity contribution < 1.29 is 9.59 Å². The highest BCUT2D eigenvalue weighted by Gasteiger charge is 2.11. The van der Waals surface area contributed by atoms with Crippen LogP contribution in [0.5, 0.6) is 0 Å². The third-order valence-electron chi connectivity index (χ3n) is 3.28. The van der Waals surface area contributed by atoms with Crippen LogP contribution in [0.1, 0.15) is 40.1 Å². The average Bonchev–Trinajstić information content (AvgIpc) is 2.50. The Bertz CT molecular complexity index is 724. The van der Waals surface area contributed by atoms with Gasteiger partial charge in [-0.2, -0.15) is 0 Å². The molecule has 0 aromatic heterocycles. The standard InChI is InChI=1S/C18H19ClN2O2/c1-11(2)20-17(22)13-5-7-14(8-6-13)18(23)21-16-10-15(19)9-4-12(16)3/h4-11H,1-3H3,(H,20,22)(H,21,23). The minimum absolute atomic E-state index is 0.0660. The highest BCUT2D eigenvalue weighted by Crippen LogP contribution is 2.21. The number of amides is 2. The van der Waals surface area contributed by atoms with E-state index in [9.17, 15) is 9.59 Å². The van der Waals surface area contributed by atoms with Gasteiger partial charge >= 0.3 is 0 Å². The molecule has 0 unspecified atom stereocenters. The molecule has 2 aromatic carbocycles. The van der Waals surface area contributed by atoms with E-state index in [2.05, 4.69) is 10.6 Å². The number of carbonyl (C=O) groups is 2. The van der Waals surface area contributed by atoms with Crippen LogP contribution < -0.4 is 10.6 Å². The summed E-state index contributed by atoms with van der Waals surface area (Å²) in [7, 11) is 0. The molecule has 0 fully saturated rings. The van der Waals surface area contributed by atoms with E-state index < -0.39 is 0 Å². The lowest BCUT2D eigenvalue weighted by Gasteiger charge is -2.10. The first kappa shape index (κ1) is 17.0. The second-order valence-corrected chi connectivity index (χ2v) is 6.06. The summed E-state index contributed by atoms with van der Waals surface area (Å²) in [6.07, 6.45) is 0. The van der Waals surface area contributed by atoms with Gasteiger partial charge in [-0.15, -0.1) is 0 Å². The van der Waals surface area contributed by atoms with E-state index in [-0.39, 0.29) is 17.9 Å². The summed E-state index contributed by atoms with van der Waals surface area (Å²) in [5, 5.41) is 6.19. The van der Waals surface area contributed by atoms with E-state index in [0.717, 1.165) is 5.56 Å². The van der Waals surface area contributed by atoms with Crippen LogP contribution in [0.15, 0.2) is 42.5 Å². The maximum Gasteiger partial charge on any atom is 0.255 e. The topological polar surface area (TPSA) is 58.2 Å². The second kappa shape index (κ2) is 7.29. The van der Waals surface area contributed by atoms with E-state index in [1.807, 2.05) is 26.8 Å². The maximum atomic E-state index is 12.3. The van der Waals surface area contributed by atoms with Gasteiger partial charge in [-0.05, 0) is 62.7 Å². The molecule has 0 saturated heterocycles. The Morgan fingerprint density at radius 1 is 0.957 bits per heavy atom. The summed E-state index contributed by atoms with van der Waals surface area (Å²) < 4.78 is 0. The van der Waals surface area contributed by atoms with Crippen LogP contribution in [0.25, 0.3) is 0 Å². The van der Waals surface area contributed by atoms with E-state index in [0.29, 0.717) is 21.8 Å². The first-order valence-electron chi connectivity index (χ1n) is 7.35. The summed E-state index contributed by atoms with van der Waals surface area (Å²) >= 11 is 5.95. The second-order valence-electron chi connectivity index (χ2n) is 5.62. The Morgan fingerprint density at radius 3 is 2.09 bits per heavy atom. The third kappa shape index (κ3) is 4.57. The predicted molar refractivity (Wildman–Crippen MR) is 93.2 cm³/mol. The molecule has 0 aliphatic rings. The lowest BCUT2D eigenvalue weighted by Crippen LogP contribution is -2.30. The normalized spacial score (nSPS) is 10.5. The van der Waals surface area contributed by atoms with Gasteiger partial charge in [-0.1, -0.05) is 17.7 Å². The van der Waals surface area contributed by atoms with E-state index >= 15 is 0 Å². The molecule has 0 aliphatic heterocycles. The summed E-state index contributed by atoms with van der Waals surface area (Å²) in [6, 6.07) is 11.9. The number of halogens is 1. The molecule has 0 saturated carbocycles. The van der Waals surface area contributed by atoms with Crippen LogP contribution in [-0.4, -0.2) is 17.9 Å². The van der Waals surface area contributed by atoms with Crippen molar-refractivity contribution in [2.75, 3.05) is 5.32 Å². The zero-order valence-electron chi connectivity index (χ0n) is 13.3. The summed E-state index contributed by atoms with van der Waals surface area (Å²) in [4.78, 5) is 24.2. The average molecular weight is 331 g/mol. The van der Waals surface area contributed by atoms with Crippen LogP contribution in [0.2, 0.25) is 5.02 Å². The number of benzene rings is 2. The molecular formula is C18H19ClN2O2. The molecule has 2 N–H and O–H groups in total. The number of nitrogens with one attached hydrogen (secondary N) is 2. The number of hydrogen-bond acceptors (Lipinski definition) is 2. The van der Waals surface area contributed by atoms with E-state index in [1.165, 1.54) is 0 Å². The van der Waals surface area contributed by atoms with E-state index in [1.54, 1.807) is 36.4 Å². The zero-order valence-corrected chi connectivity index (χ0v) is 14.1. The number of hydrogen-bond donors (Lipinski definition) is 2. The minimum Gasteiger partial charge on any atom is -0.350 e. The van der Waals surface area contributed by atoms with E-state index in [4.69, 9.17) is 11.6 Å². The van der Waals surface area contributed by atoms with Crippen molar-refractivity contribution in [1.29, 1.82) is 0 Å². The van der Waals surface area contributed by atoms with Crippen molar-refractivity contribution in [2.24, 2.45) is 0 Å². The van der Waals surface area contributed by atoms with Gasteiger partial charge in [0.05, 0.1) is 0 Å². The lowest BCUT2D eigenvalue weighted by molar-refractivity contribution is 0.0941. The van der Waals surface area contributed by atoms with Crippen molar-refractivity contribution in [2.45, 2.75) is 26.8 Å². The molecule has 0 bridgehead atoms. The molecule has 0 aliphatic carbocycles. The monoisotopic (exact) mass is 330 g/mol.